The molecule has 0 aliphatic heterocycles. The number of allylic oxidation sites excluding steroid dienone is 4. The highest BCUT2D eigenvalue weighted by molar-refractivity contribution is 5.66. The van der Waals surface area contributed by atoms with Crippen LogP contribution in [0.25, 0.3) is 0 Å². The van der Waals surface area contributed by atoms with Gasteiger partial charge in [-0.25, -0.2) is 0 Å². The van der Waals surface area contributed by atoms with Crippen molar-refractivity contribution in [3.05, 3.63) is 24.3 Å². The fourth-order valence-corrected chi connectivity index (χ4v) is 1.47. The molecule has 0 rings (SSSR count). The summed E-state index contributed by atoms with van der Waals surface area (Å²) in [6, 6.07) is 0. The largest absolute Gasteiger partial charge is 0.481 e. The van der Waals surface area contributed by atoms with E-state index in [1.54, 1.807) is 0 Å². The first kappa shape index (κ1) is 14.9. The lowest BCUT2D eigenvalue weighted by Gasteiger charge is -1.94. The molecule has 2 heteroatoms. The van der Waals surface area contributed by atoms with E-state index in [1.807, 2.05) is 0 Å². The van der Waals surface area contributed by atoms with Crippen molar-refractivity contribution in [2.75, 3.05) is 0 Å². The molecule has 0 unspecified atom stereocenters. The Kier molecular flexibility index (Phi) is 11.2. The first-order chi connectivity index (χ1) is 7.77. The van der Waals surface area contributed by atoms with Gasteiger partial charge in [0.25, 0.3) is 0 Å². The van der Waals surface area contributed by atoms with Crippen LogP contribution in [0.4, 0.5) is 0 Å². The maximum absolute atomic E-state index is 10.2. The number of hydrogen-bond donors (Lipinski definition) is 1. The highest BCUT2D eigenvalue weighted by atomic mass is 16.4. The van der Waals surface area contributed by atoms with Gasteiger partial charge in [-0.15, -0.1) is 0 Å². The van der Waals surface area contributed by atoms with Crippen LogP contribution in [-0.2, 0) is 4.79 Å². The molecule has 0 amide bonds. The fourth-order valence-electron chi connectivity index (χ4n) is 1.47. The van der Waals surface area contributed by atoms with Crippen LogP contribution >= 0.6 is 0 Å². The van der Waals surface area contributed by atoms with Crippen LogP contribution in [0.1, 0.15) is 58.3 Å². The summed E-state index contributed by atoms with van der Waals surface area (Å²) in [6.07, 6.45) is 16.6. The van der Waals surface area contributed by atoms with Crippen molar-refractivity contribution >= 4 is 5.97 Å². The van der Waals surface area contributed by atoms with Gasteiger partial charge in [0.2, 0.25) is 0 Å². The predicted octanol–water partition coefficient (Wildman–Crippen LogP) is 4.32. The molecule has 0 aliphatic carbocycles. The standard InChI is InChI=1S/C14H24O2/c1-2-3-4-5-6-7-8-9-10-11-12-13-14(15)16/h2-3,8-9H,4-7,10-13H2,1H3,(H,15,16). The zero-order valence-electron chi connectivity index (χ0n) is 10.3. The Morgan fingerprint density at radius 2 is 1.44 bits per heavy atom. The molecule has 0 aromatic heterocycles. The van der Waals surface area contributed by atoms with Crippen molar-refractivity contribution in [3.63, 3.8) is 0 Å². The smallest absolute Gasteiger partial charge is 0.303 e. The lowest BCUT2D eigenvalue weighted by molar-refractivity contribution is -0.137. The number of carbonyl (C=O) groups is 1. The van der Waals surface area contributed by atoms with Gasteiger partial charge in [0, 0.05) is 6.42 Å². The fraction of sp³-hybridized carbons (Fsp3) is 0.643. The zero-order valence-corrected chi connectivity index (χ0v) is 10.3. The second kappa shape index (κ2) is 12.0. The quantitative estimate of drug-likeness (QED) is 0.443. The minimum absolute atomic E-state index is 0.303. The molecule has 0 aliphatic rings. The average Bonchev–Trinajstić information content (AvgIpc) is 2.25. The Morgan fingerprint density at radius 1 is 0.938 bits per heavy atom. The maximum atomic E-state index is 10.2. The van der Waals surface area contributed by atoms with Gasteiger partial charge in [-0.3, -0.25) is 4.79 Å². The van der Waals surface area contributed by atoms with Gasteiger partial charge in [-0.05, 0) is 51.9 Å². The van der Waals surface area contributed by atoms with E-state index in [4.69, 9.17) is 5.11 Å². The van der Waals surface area contributed by atoms with E-state index < -0.39 is 5.97 Å². The summed E-state index contributed by atoms with van der Waals surface area (Å²) >= 11 is 0. The zero-order chi connectivity index (χ0) is 12.1. The van der Waals surface area contributed by atoms with Crippen LogP contribution in [-0.4, -0.2) is 11.1 Å². The second-order valence-electron chi connectivity index (χ2n) is 3.96. The molecule has 1 N–H and O–H groups in total. The van der Waals surface area contributed by atoms with E-state index in [0.29, 0.717) is 6.42 Å². The van der Waals surface area contributed by atoms with Gasteiger partial charge in [0.1, 0.15) is 0 Å². The summed E-state index contributed by atoms with van der Waals surface area (Å²) in [5.74, 6) is -0.687. The van der Waals surface area contributed by atoms with Crippen LogP contribution in [0.3, 0.4) is 0 Å². The van der Waals surface area contributed by atoms with E-state index >= 15 is 0 Å². The molecule has 0 aromatic rings. The topological polar surface area (TPSA) is 37.3 Å². The van der Waals surface area contributed by atoms with E-state index in [9.17, 15) is 4.79 Å². The number of carboxylic acids is 1. The minimum atomic E-state index is -0.687. The summed E-state index contributed by atoms with van der Waals surface area (Å²) in [7, 11) is 0. The molecule has 0 atom stereocenters. The lowest BCUT2D eigenvalue weighted by Crippen LogP contribution is -1.92. The summed E-state index contributed by atoms with van der Waals surface area (Å²) in [5.41, 5.74) is 0. The molecule has 2 nitrogen and oxygen atoms in total. The van der Waals surface area contributed by atoms with Crippen molar-refractivity contribution < 1.29 is 9.90 Å². The Bertz CT molecular complexity index is 217. The minimum Gasteiger partial charge on any atom is -0.481 e. The third kappa shape index (κ3) is 12.9. The molecule has 0 saturated heterocycles. The van der Waals surface area contributed by atoms with E-state index in [-0.39, 0.29) is 0 Å². The van der Waals surface area contributed by atoms with Crippen molar-refractivity contribution in [2.24, 2.45) is 0 Å². The SMILES string of the molecule is CC=CCCCCC=CCCCCC(=O)O. The number of hydrogen-bond acceptors (Lipinski definition) is 1. The van der Waals surface area contributed by atoms with Crippen LogP contribution in [0.2, 0.25) is 0 Å². The molecular weight excluding hydrogens is 200 g/mol. The molecule has 92 valence electrons. The molecule has 0 bridgehead atoms. The molecule has 0 radical (unpaired) electrons. The highest BCUT2D eigenvalue weighted by Gasteiger charge is 1.94. The maximum Gasteiger partial charge on any atom is 0.303 e. The number of aliphatic carboxylic acids is 1. The third-order valence-corrected chi connectivity index (χ3v) is 2.41. The number of unbranched alkanes of at least 4 members (excludes halogenated alkanes) is 5. The Labute approximate surface area is 99.1 Å². The van der Waals surface area contributed by atoms with Crippen LogP contribution in [0, 0.1) is 0 Å². The predicted molar refractivity (Wildman–Crippen MR) is 68.5 cm³/mol. The van der Waals surface area contributed by atoms with Gasteiger partial charge in [0.05, 0.1) is 0 Å². The van der Waals surface area contributed by atoms with Gasteiger partial charge >= 0.3 is 5.97 Å². The van der Waals surface area contributed by atoms with E-state index in [2.05, 4.69) is 31.2 Å². The Morgan fingerprint density at radius 3 is 1.94 bits per heavy atom. The van der Waals surface area contributed by atoms with Crippen molar-refractivity contribution in [1.29, 1.82) is 0 Å². The molecule has 16 heavy (non-hydrogen) atoms. The van der Waals surface area contributed by atoms with Gasteiger partial charge < -0.3 is 5.11 Å². The van der Waals surface area contributed by atoms with E-state index in [1.165, 1.54) is 19.3 Å². The number of rotatable bonds is 10. The van der Waals surface area contributed by atoms with Crippen molar-refractivity contribution in [2.45, 2.75) is 58.3 Å². The summed E-state index contributed by atoms with van der Waals surface area (Å²) in [4.78, 5) is 10.2. The van der Waals surface area contributed by atoms with Gasteiger partial charge in [-0.2, -0.15) is 0 Å². The van der Waals surface area contributed by atoms with Crippen molar-refractivity contribution in [1.82, 2.24) is 0 Å². The normalized spacial score (nSPS) is 11.6. The summed E-state index contributed by atoms with van der Waals surface area (Å²) < 4.78 is 0. The first-order valence-electron chi connectivity index (χ1n) is 6.25. The molecule has 0 aromatic carbocycles. The Balaban J connectivity index is 3.13. The van der Waals surface area contributed by atoms with E-state index in [0.717, 1.165) is 25.7 Å². The van der Waals surface area contributed by atoms with Gasteiger partial charge in [0.15, 0.2) is 0 Å². The third-order valence-electron chi connectivity index (χ3n) is 2.41. The Hall–Kier alpha value is -1.05. The van der Waals surface area contributed by atoms with Crippen LogP contribution in [0.15, 0.2) is 24.3 Å². The molecular formula is C14H24O2. The molecule has 0 heterocycles. The first-order valence-corrected chi connectivity index (χ1v) is 6.25. The second-order valence-corrected chi connectivity index (χ2v) is 3.96. The van der Waals surface area contributed by atoms with Crippen LogP contribution < -0.4 is 0 Å². The average molecular weight is 224 g/mol. The van der Waals surface area contributed by atoms with Crippen molar-refractivity contribution in [3.8, 4) is 0 Å². The number of carboxylic acid groups (broad SMARTS) is 1. The monoisotopic (exact) mass is 224 g/mol. The highest BCUT2D eigenvalue weighted by Crippen LogP contribution is 2.04. The summed E-state index contributed by atoms with van der Waals surface area (Å²) in [5, 5.41) is 8.43. The summed E-state index contributed by atoms with van der Waals surface area (Å²) in [6.45, 7) is 2.05. The van der Waals surface area contributed by atoms with Crippen LogP contribution in [0.5, 0.6) is 0 Å². The molecule has 0 fully saturated rings. The molecule has 0 spiro atoms. The molecule has 0 saturated carbocycles. The van der Waals surface area contributed by atoms with Gasteiger partial charge in [-0.1, -0.05) is 24.3 Å². The lowest BCUT2D eigenvalue weighted by atomic mass is 10.1.